The number of aromatic nitrogens is 1. The van der Waals surface area contributed by atoms with Crippen molar-refractivity contribution in [3.63, 3.8) is 0 Å². The number of methoxy groups -OCH3 is 1. The van der Waals surface area contributed by atoms with E-state index in [-0.39, 0.29) is 5.60 Å². The van der Waals surface area contributed by atoms with Gasteiger partial charge in [0, 0.05) is 25.0 Å². The fraction of sp³-hybridized carbons (Fsp3) is 0.643. The van der Waals surface area contributed by atoms with E-state index < -0.39 is 0 Å². The molecule has 0 bridgehead atoms. The van der Waals surface area contributed by atoms with Crippen molar-refractivity contribution in [3.05, 3.63) is 30.1 Å². The zero-order chi connectivity index (χ0) is 13.4. The van der Waals surface area contributed by atoms with Gasteiger partial charge in [-0.05, 0) is 51.7 Å². The van der Waals surface area contributed by atoms with Crippen molar-refractivity contribution < 1.29 is 4.74 Å². The number of pyridine rings is 1. The van der Waals surface area contributed by atoms with Gasteiger partial charge in [-0.1, -0.05) is 6.07 Å². The topological polar surface area (TPSA) is 60.2 Å². The van der Waals surface area contributed by atoms with E-state index in [2.05, 4.69) is 24.3 Å². The minimum absolute atomic E-state index is 0.0832. The molecule has 0 amide bonds. The highest BCUT2D eigenvalue weighted by Gasteiger charge is 2.18. The minimum atomic E-state index is -0.0832. The molecule has 0 aliphatic heterocycles. The van der Waals surface area contributed by atoms with Crippen LogP contribution in [-0.4, -0.2) is 23.7 Å². The van der Waals surface area contributed by atoms with Gasteiger partial charge in [0.25, 0.3) is 0 Å². The number of hydrazine groups is 1. The van der Waals surface area contributed by atoms with Gasteiger partial charge in [-0.2, -0.15) is 0 Å². The maximum absolute atomic E-state index is 5.60. The Kier molecular flexibility index (Phi) is 6.25. The fourth-order valence-electron chi connectivity index (χ4n) is 1.80. The summed E-state index contributed by atoms with van der Waals surface area (Å²) in [5.41, 5.74) is 3.92. The third kappa shape index (κ3) is 5.58. The van der Waals surface area contributed by atoms with Gasteiger partial charge in [0.2, 0.25) is 0 Å². The summed E-state index contributed by atoms with van der Waals surface area (Å²) in [5, 5.41) is 0. The minimum Gasteiger partial charge on any atom is -0.379 e. The molecule has 4 nitrogen and oxygen atoms in total. The van der Waals surface area contributed by atoms with Crippen molar-refractivity contribution in [1.82, 2.24) is 10.4 Å². The van der Waals surface area contributed by atoms with Crippen molar-refractivity contribution in [3.8, 4) is 0 Å². The number of rotatable bonds is 8. The number of aryl methyl sites for hydroxylation is 1. The molecule has 102 valence electrons. The molecule has 1 unspecified atom stereocenters. The van der Waals surface area contributed by atoms with Crippen molar-refractivity contribution in [2.45, 2.75) is 51.2 Å². The molecule has 3 N–H and O–H groups in total. The highest BCUT2D eigenvalue weighted by Crippen LogP contribution is 2.18. The molecule has 1 rings (SSSR count). The monoisotopic (exact) mass is 251 g/mol. The second kappa shape index (κ2) is 7.46. The van der Waals surface area contributed by atoms with E-state index in [1.165, 1.54) is 0 Å². The van der Waals surface area contributed by atoms with E-state index in [4.69, 9.17) is 10.6 Å². The largest absolute Gasteiger partial charge is 0.379 e. The smallest absolute Gasteiger partial charge is 0.0623 e. The van der Waals surface area contributed by atoms with E-state index in [0.29, 0.717) is 6.04 Å². The molecule has 0 aliphatic carbocycles. The number of hydrogen-bond donors (Lipinski definition) is 2. The number of ether oxygens (including phenoxy) is 1. The molecule has 0 aliphatic rings. The van der Waals surface area contributed by atoms with Gasteiger partial charge in [-0.3, -0.25) is 16.3 Å². The summed E-state index contributed by atoms with van der Waals surface area (Å²) in [4.78, 5) is 4.32. The van der Waals surface area contributed by atoms with Crippen LogP contribution in [0, 0.1) is 0 Å². The van der Waals surface area contributed by atoms with Gasteiger partial charge in [0.15, 0.2) is 0 Å². The summed E-state index contributed by atoms with van der Waals surface area (Å²) >= 11 is 0. The van der Waals surface area contributed by atoms with E-state index >= 15 is 0 Å². The van der Waals surface area contributed by atoms with Crippen molar-refractivity contribution in [2.75, 3.05) is 7.11 Å². The highest BCUT2D eigenvalue weighted by molar-refractivity contribution is 5.03. The van der Waals surface area contributed by atoms with E-state index in [0.717, 1.165) is 31.4 Å². The van der Waals surface area contributed by atoms with Crippen LogP contribution in [-0.2, 0) is 11.2 Å². The lowest BCUT2D eigenvalue weighted by Crippen LogP contribution is -2.37. The Morgan fingerprint density at radius 2 is 2.17 bits per heavy atom. The Morgan fingerprint density at radius 3 is 2.72 bits per heavy atom. The zero-order valence-electron chi connectivity index (χ0n) is 11.6. The lowest BCUT2D eigenvalue weighted by molar-refractivity contribution is 0.0115. The molecule has 0 saturated carbocycles. The zero-order valence-corrected chi connectivity index (χ0v) is 11.6. The average molecular weight is 251 g/mol. The standard InChI is InChI=1S/C14H25N3O/c1-14(2,18-3)10-9-13(17-15)8-7-12-6-4-5-11-16-12/h4-6,11,13,17H,7-10,15H2,1-3H3. The predicted octanol–water partition coefficient (Wildman–Crippen LogP) is 2.05. The lowest BCUT2D eigenvalue weighted by atomic mass is 9.96. The summed E-state index contributed by atoms with van der Waals surface area (Å²) in [6, 6.07) is 6.30. The second-order valence-electron chi connectivity index (χ2n) is 5.23. The van der Waals surface area contributed by atoms with Gasteiger partial charge in [-0.25, -0.2) is 0 Å². The molecule has 0 radical (unpaired) electrons. The number of nitrogens with zero attached hydrogens (tertiary/aromatic N) is 1. The molecule has 1 aromatic rings. The normalized spacial score (nSPS) is 13.6. The highest BCUT2D eigenvalue weighted by atomic mass is 16.5. The van der Waals surface area contributed by atoms with Crippen LogP contribution in [0.15, 0.2) is 24.4 Å². The molecular formula is C14H25N3O. The molecule has 0 spiro atoms. The Bertz CT molecular complexity index is 327. The van der Waals surface area contributed by atoms with Crippen LogP contribution in [0.25, 0.3) is 0 Å². The fourth-order valence-corrected chi connectivity index (χ4v) is 1.80. The van der Waals surface area contributed by atoms with Crippen LogP contribution < -0.4 is 11.3 Å². The van der Waals surface area contributed by atoms with Crippen LogP contribution in [0.1, 0.15) is 38.8 Å². The number of hydrogen-bond acceptors (Lipinski definition) is 4. The van der Waals surface area contributed by atoms with E-state index in [9.17, 15) is 0 Å². The van der Waals surface area contributed by atoms with Gasteiger partial charge in [0.1, 0.15) is 0 Å². The molecular weight excluding hydrogens is 226 g/mol. The maximum atomic E-state index is 5.60. The number of nitrogens with one attached hydrogen (secondary N) is 1. The van der Waals surface area contributed by atoms with E-state index in [1.807, 2.05) is 24.4 Å². The second-order valence-corrected chi connectivity index (χ2v) is 5.23. The van der Waals surface area contributed by atoms with Crippen molar-refractivity contribution >= 4 is 0 Å². The lowest BCUT2D eigenvalue weighted by Gasteiger charge is -2.25. The van der Waals surface area contributed by atoms with E-state index in [1.54, 1.807) is 7.11 Å². The summed E-state index contributed by atoms with van der Waals surface area (Å²) < 4.78 is 5.41. The maximum Gasteiger partial charge on any atom is 0.0623 e. The van der Waals surface area contributed by atoms with Gasteiger partial charge in [-0.15, -0.1) is 0 Å². The predicted molar refractivity (Wildman–Crippen MR) is 74.0 cm³/mol. The molecule has 18 heavy (non-hydrogen) atoms. The Balaban J connectivity index is 2.34. The molecule has 4 heteroatoms. The molecule has 1 atom stereocenters. The third-order valence-electron chi connectivity index (χ3n) is 3.36. The number of nitrogens with two attached hydrogens (primary N) is 1. The summed E-state index contributed by atoms with van der Waals surface area (Å²) in [6.45, 7) is 4.19. The molecule has 0 aromatic carbocycles. The summed E-state index contributed by atoms with van der Waals surface area (Å²) in [7, 11) is 1.75. The van der Waals surface area contributed by atoms with Crippen LogP contribution in [0.2, 0.25) is 0 Å². The first-order valence-electron chi connectivity index (χ1n) is 6.48. The van der Waals surface area contributed by atoms with Crippen molar-refractivity contribution in [1.29, 1.82) is 0 Å². The first kappa shape index (κ1) is 15.1. The first-order valence-corrected chi connectivity index (χ1v) is 6.48. The van der Waals surface area contributed by atoms with Crippen LogP contribution in [0.4, 0.5) is 0 Å². The Hall–Kier alpha value is -0.970. The van der Waals surface area contributed by atoms with Gasteiger partial charge >= 0.3 is 0 Å². The molecule has 1 heterocycles. The third-order valence-corrected chi connectivity index (χ3v) is 3.36. The van der Waals surface area contributed by atoms with Gasteiger partial charge < -0.3 is 4.74 Å². The van der Waals surface area contributed by atoms with Crippen LogP contribution in [0.3, 0.4) is 0 Å². The molecule has 1 aromatic heterocycles. The Morgan fingerprint density at radius 1 is 1.39 bits per heavy atom. The first-order chi connectivity index (χ1) is 8.57. The van der Waals surface area contributed by atoms with Crippen LogP contribution >= 0.6 is 0 Å². The summed E-state index contributed by atoms with van der Waals surface area (Å²) in [5.74, 6) is 5.60. The summed E-state index contributed by atoms with van der Waals surface area (Å²) in [6.07, 6.45) is 5.76. The van der Waals surface area contributed by atoms with Crippen LogP contribution in [0.5, 0.6) is 0 Å². The molecule has 0 fully saturated rings. The average Bonchev–Trinajstić information content (AvgIpc) is 2.40. The quantitative estimate of drug-likeness (QED) is 0.548. The SMILES string of the molecule is COC(C)(C)CCC(CCc1ccccn1)NN. The Labute approximate surface area is 110 Å². The van der Waals surface area contributed by atoms with Gasteiger partial charge in [0.05, 0.1) is 5.60 Å². The molecule has 0 saturated heterocycles. The van der Waals surface area contributed by atoms with Crippen molar-refractivity contribution in [2.24, 2.45) is 5.84 Å².